The van der Waals surface area contributed by atoms with Gasteiger partial charge in [0.05, 0.1) is 26.4 Å². The second-order valence-corrected chi connectivity index (χ2v) is 4.38. The number of aromatic nitrogens is 2. The molecule has 0 saturated heterocycles. The van der Waals surface area contributed by atoms with E-state index in [-0.39, 0.29) is 0 Å². The predicted octanol–water partition coefficient (Wildman–Crippen LogP) is 3.94. The minimum Gasteiger partial charge on any atom is -0.238 e. The van der Waals surface area contributed by atoms with E-state index in [0.717, 1.165) is 10.2 Å². The SMILES string of the molecule is Clc1cccc(-n2cc(Br)cn2)c1Cl. The maximum atomic E-state index is 6.03. The topological polar surface area (TPSA) is 17.8 Å². The van der Waals surface area contributed by atoms with Crippen molar-refractivity contribution in [1.29, 1.82) is 0 Å². The van der Waals surface area contributed by atoms with Gasteiger partial charge in [-0.05, 0) is 28.1 Å². The number of halogens is 3. The number of benzene rings is 1. The molecule has 14 heavy (non-hydrogen) atoms. The van der Waals surface area contributed by atoms with Gasteiger partial charge in [-0.25, -0.2) is 4.68 Å². The lowest BCUT2D eigenvalue weighted by molar-refractivity contribution is 0.880. The lowest BCUT2D eigenvalue weighted by Crippen LogP contribution is -1.94. The van der Waals surface area contributed by atoms with Gasteiger partial charge in [0.25, 0.3) is 0 Å². The summed E-state index contributed by atoms with van der Waals surface area (Å²) in [6.07, 6.45) is 3.51. The van der Waals surface area contributed by atoms with Crippen molar-refractivity contribution in [1.82, 2.24) is 9.78 Å². The van der Waals surface area contributed by atoms with Crippen LogP contribution in [0.3, 0.4) is 0 Å². The molecule has 0 spiro atoms. The lowest BCUT2D eigenvalue weighted by Gasteiger charge is -2.04. The number of hydrogen-bond donors (Lipinski definition) is 0. The van der Waals surface area contributed by atoms with Gasteiger partial charge in [-0.1, -0.05) is 29.3 Å². The zero-order valence-corrected chi connectivity index (χ0v) is 10.0. The lowest BCUT2D eigenvalue weighted by atomic mass is 10.3. The van der Waals surface area contributed by atoms with Crippen LogP contribution in [-0.2, 0) is 0 Å². The zero-order chi connectivity index (χ0) is 10.1. The molecule has 2 aromatic rings. The van der Waals surface area contributed by atoms with Crippen LogP contribution in [0.15, 0.2) is 35.1 Å². The first-order valence-corrected chi connectivity index (χ1v) is 5.38. The Morgan fingerprint density at radius 2 is 2.07 bits per heavy atom. The number of hydrogen-bond acceptors (Lipinski definition) is 1. The second kappa shape index (κ2) is 3.93. The van der Waals surface area contributed by atoms with E-state index in [0.29, 0.717) is 10.0 Å². The molecule has 0 radical (unpaired) electrons. The van der Waals surface area contributed by atoms with E-state index in [4.69, 9.17) is 23.2 Å². The Labute approximate surface area is 99.6 Å². The third kappa shape index (κ3) is 1.80. The van der Waals surface area contributed by atoms with Gasteiger partial charge in [0.1, 0.15) is 0 Å². The highest BCUT2D eigenvalue weighted by Crippen LogP contribution is 2.28. The third-order valence-electron chi connectivity index (χ3n) is 1.73. The molecule has 0 unspecified atom stereocenters. The molecule has 2 nitrogen and oxygen atoms in total. The molecular weight excluding hydrogens is 287 g/mol. The molecule has 5 heteroatoms. The van der Waals surface area contributed by atoms with Crippen molar-refractivity contribution in [2.75, 3.05) is 0 Å². The first-order chi connectivity index (χ1) is 6.68. The van der Waals surface area contributed by atoms with Crippen LogP contribution in [0, 0.1) is 0 Å². The van der Waals surface area contributed by atoms with E-state index in [1.807, 2.05) is 18.3 Å². The Bertz CT molecular complexity index is 468. The van der Waals surface area contributed by atoms with Crippen molar-refractivity contribution < 1.29 is 0 Å². The highest BCUT2D eigenvalue weighted by molar-refractivity contribution is 9.10. The van der Waals surface area contributed by atoms with Crippen LogP contribution in [0.5, 0.6) is 0 Å². The molecule has 1 aromatic heterocycles. The van der Waals surface area contributed by atoms with Crippen LogP contribution in [-0.4, -0.2) is 9.78 Å². The molecule has 0 atom stereocenters. The summed E-state index contributed by atoms with van der Waals surface area (Å²) >= 11 is 15.2. The van der Waals surface area contributed by atoms with Crippen LogP contribution >= 0.6 is 39.1 Å². The molecular formula is C9H5BrCl2N2. The first-order valence-electron chi connectivity index (χ1n) is 3.83. The average molecular weight is 292 g/mol. The third-order valence-corrected chi connectivity index (χ3v) is 2.95. The van der Waals surface area contributed by atoms with Crippen molar-refractivity contribution in [3.05, 3.63) is 45.1 Å². The van der Waals surface area contributed by atoms with Gasteiger partial charge >= 0.3 is 0 Å². The van der Waals surface area contributed by atoms with Gasteiger partial charge in [-0.2, -0.15) is 5.10 Å². The molecule has 0 N–H and O–H groups in total. The minimum absolute atomic E-state index is 0.504. The monoisotopic (exact) mass is 290 g/mol. The van der Waals surface area contributed by atoms with E-state index in [1.54, 1.807) is 16.9 Å². The van der Waals surface area contributed by atoms with Crippen LogP contribution in [0.25, 0.3) is 5.69 Å². The molecule has 1 aromatic carbocycles. The fourth-order valence-electron chi connectivity index (χ4n) is 1.10. The molecule has 0 amide bonds. The summed E-state index contributed by atoms with van der Waals surface area (Å²) in [5.74, 6) is 0. The number of rotatable bonds is 1. The van der Waals surface area contributed by atoms with Gasteiger partial charge in [-0.15, -0.1) is 0 Å². The normalized spacial score (nSPS) is 10.5. The summed E-state index contributed by atoms with van der Waals surface area (Å²) in [7, 11) is 0. The molecule has 72 valence electrons. The Hall–Kier alpha value is -0.510. The Balaban J connectivity index is 2.57. The second-order valence-electron chi connectivity index (χ2n) is 2.68. The average Bonchev–Trinajstić information content (AvgIpc) is 2.57. The van der Waals surface area contributed by atoms with Crippen LogP contribution in [0.4, 0.5) is 0 Å². The Kier molecular flexibility index (Phi) is 2.81. The molecule has 0 aliphatic carbocycles. The maximum Gasteiger partial charge on any atom is 0.0849 e. The van der Waals surface area contributed by atoms with Gasteiger partial charge in [0, 0.05) is 6.20 Å². The van der Waals surface area contributed by atoms with Crippen molar-refractivity contribution >= 4 is 39.1 Å². The molecule has 0 aliphatic heterocycles. The smallest absolute Gasteiger partial charge is 0.0849 e. The highest BCUT2D eigenvalue weighted by atomic mass is 79.9. The Morgan fingerprint density at radius 3 is 2.71 bits per heavy atom. The van der Waals surface area contributed by atoms with E-state index >= 15 is 0 Å². The zero-order valence-electron chi connectivity index (χ0n) is 6.92. The van der Waals surface area contributed by atoms with E-state index in [1.165, 1.54) is 0 Å². The maximum absolute atomic E-state index is 6.03. The fraction of sp³-hybridized carbons (Fsp3) is 0. The summed E-state index contributed by atoms with van der Waals surface area (Å²) in [6.45, 7) is 0. The quantitative estimate of drug-likeness (QED) is 0.778. The summed E-state index contributed by atoms with van der Waals surface area (Å²) < 4.78 is 2.56. The predicted molar refractivity (Wildman–Crippen MR) is 61.3 cm³/mol. The van der Waals surface area contributed by atoms with Crippen molar-refractivity contribution in [2.45, 2.75) is 0 Å². The fourth-order valence-corrected chi connectivity index (χ4v) is 1.77. The highest BCUT2D eigenvalue weighted by Gasteiger charge is 2.06. The molecule has 0 saturated carbocycles. The standard InChI is InChI=1S/C9H5BrCl2N2/c10-6-4-13-14(5-6)8-3-1-2-7(11)9(8)12/h1-5H. The van der Waals surface area contributed by atoms with E-state index in [2.05, 4.69) is 21.0 Å². The summed E-state index contributed by atoms with van der Waals surface area (Å²) in [5, 5.41) is 5.14. The van der Waals surface area contributed by atoms with Gasteiger partial charge in [0.15, 0.2) is 0 Å². The Morgan fingerprint density at radius 1 is 1.29 bits per heavy atom. The van der Waals surface area contributed by atoms with E-state index in [9.17, 15) is 0 Å². The van der Waals surface area contributed by atoms with Crippen LogP contribution in [0.2, 0.25) is 10.0 Å². The van der Waals surface area contributed by atoms with Crippen LogP contribution < -0.4 is 0 Å². The van der Waals surface area contributed by atoms with Gasteiger partial charge in [0.2, 0.25) is 0 Å². The summed E-state index contributed by atoms with van der Waals surface area (Å²) in [5.41, 5.74) is 0.768. The summed E-state index contributed by atoms with van der Waals surface area (Å²) in [4.78, 5) is 0. The number of nitrogens with zero attached hydrogens (tertiary/aromatic N) is 2. The van der Waals surface area contributed by atoms with Crippen LogP contribution in [0.1, 0.15) is 0 Å². The molecule has 0 bridgehead atoms. The van der Waals surface area contributed by atoms with Crippen molar-refractivity contribution in [2.24, 2.45) is 0 Å². The minimum atomic E-state index is 0.504. The van der Waals surface area contributed by atoms with Gasteiger partial charge < -0.3 is 0 Å². The molecule has 0 fully saturated rings. The molecule has 0 aliphatic rings. The van der Waals surface area contributed by atoms with Gasteiger partial charge in [-0.3, -0.25) is 0 Å². The molecule has 1 heterocycles. The molecule has 2 rings (SSSR count). The van der Waals surface area contributed by atoms with Crippen molar-refractivity contribution in [3.8, 4) is 5.69 Å². The largest absolute Gasteiger partial charge is 0.238 e. The van der Waals surface area contributed by atoms with E-state index < -0.39 is 0 Å². The van der Waals surface area contributed by atoms with Crippen molar-refractivity contribution in [3.63, 3.8) is 0 Å². The first kappa shape index (κ1) is 10.0. The summed E-state index contributed by atoms with van der Waals surface area (Å²) in [6, 6.07) is 5.43.